The summed E-state index contributed by atoms with van der Waals surface area (Å²) < 4.78 is 0. The fourth-order valence-electron chi connectivity index (χ4n) is 2.72. The van der Waals surface area contributed by atoms with Crippen molar-refractivity contribution in [1.82, 2.24) is 4.90 Å². The third-order valence-corrected chi connectivity index (χ3v) is 3.72. The van der Waals surface area contributed by atoms with E-state index < -0.39 is 18.1 Å². The molecule has 0 saturated carbocycles. The zero-order chi connectivity index (χ0) is 14.7. The molecule has 5 nitrogen and oxygen atoms in total. The van der Waals surface area contributed by atoms with Crippen LogP contribution in [0.3, 0.4) is 0 Å². The Kier molecular flexibility index (Phi) is 4.39. The number of carbonyl (C=O) groups excluding carboxylic acids is 1. The summed E-state index contributed by atoms with van der Waals surface area (Å²) in [5.41, 5.74) is 7.55. The van der Waals surface area contributed by atoms with Gasteiger partial charge in [-0.05, 0) is 24.0 Å². The molecule has 0 bridgehead atoms. The van der Waals surface area contributed by atoms with Crippen LogP contribution >= 0.6 is 0 Å². The Balaban J connectivity index is 2.31. The van der Waals surface area contributed by atoms with Gasteiger partial charge in [0.15, 0.2) is 6.04 Å². The van der Waals surface area contributed by atoms with E-state index >= 15 is 0 Å². The van der Waals surface area contributed by atoms with E-state index in [2.05, 4.69) is 0 Å². The molecule has 0 spiro atoms. The highest BCUT2D eigenvalue weighted by Crippen LogP contribution is 2.30. The summed E-state index contributed by atoms with van der Waals surface area (Å²) in [5.74, 6) is -1.28. The van der Waals surface area contributed by atoms with Gasteiger partial charge in [-0.2, -0.15) is 0 Å². The van der Waals surface area contributed by atoms with Crippen LogP contribution in [-0.2, 0) is 16.0 Å². The van der Waals surface area contributed by atoms with E-state index in [1.165, 1.54) is 4.90 Å². The molecule has 2 rings (SSSR count). The standard InChI is InChI=1S/C15H20N2O3/c1-2-5-12(16)14(18)17-9-8-10-6-3-4-7-11(10)13(17)15(19)20/h3-4,6-7,12-13H,2,5,8-9,16H2,1H3,(H,19,20)/t12-,13?/m0/s1. The molecule has 3 N–H and O–H groups in total. The molecule has 0 saturated heterocycles. The van der Waals surface area contributed by atoms with Gasteiger partial charge < -0.3 is 15.7 Å². The van der Waals surface area contributed by atoms with E-state index in [0.717, 1.165) is 12.0 Å². The number of carbonyl (C=O) groups is 2. The molecular weight excluding hydrogens is 256 g/mol. The average molecular weight is 276 g/mol. The predicted molar refractivity (Wildman–Crippen MR) is 75.1 cm³/mol. The maximum atomic E-state index is 12.4. The fraction of sp³-hybridized carbons (Fsp3) is 0.467. The molecule has 108 valence electrons. The molecule has 0 fully saturated rings. The minimum atomic E-state index is -1.01. The van der Waals surface area contributed by atoms with Crippen LogP contribution in [0.1, 0.15) is 36.9 Å². The van der Waals surface area contributed by atoms with Gasteiger partial charge in [-0.25, -0.2) is 4.79 Å². The summed E-state index contributed by atoms with van der Waals surface area (Å²) in [6, 6.07) is 5.84. The number of rotatable bonds is 4. The van der Waals surface area contributed by atoms with Crippen LogP contribution < -0.4 is 5.73 Å². The van der Waals surface area contributed by atoms with Gasteiger partial charge in [0.25, 0.3) is 0 Å². The Morgan fingerprint density at radius 1 is 1.45 bits per heavy atom. The van der Waals surface area contributed by atoms with Crippen LogP contribution in [0.25, 0.3) is 0 Å². The maximum Gasteiger partial charge on any atom is 0.331 e. The Labute approximate surface area is 118 Å². The van der Waals surface area contributed by atoms with Gasteiger partial charge in [0.1, 0.15) is 0 Å². The van der Waals surface area contributed by atoms with Crippen LogP contribution in [-0.4, -0.2) is 34.5 Å². The molecule has 1 unspecified atom stereocenters. The number of hydrogen-bond acceptors (Lipinski definition) is 3. The lowest BCUT2D eigenvalue weighted by Gasteiger charge is -2.36. The van der Waals surface area contributed by atoms with E-state index in [1.807, 2.05) is 19.1 Å². The van der Waals surface area contributed by atoms with Crippen molar-refractivity contribution >= 4 is 11.9 Å². The zero-order valence-corrected chi connectivity index (χ0v) is 11.6. The fourth-order valence-corrected chi connectivity index (χ4v) is 2.72. The van der Waals surface area contributed by atoms with E-state index in [-0.39, 0.29) is 5.91 Å². The molecule has 1 aromatic carbocycles. The zero-order valence-electron chi connectivity index (χ0n) is 11.6. The summed E-state index contributed by atoms with van der Waals surface area (Å²) in [4.78, 5) is 25.3. The van der Waals surface area contributed by atoms with E-state index in [9.17, 15) is 14.7 Å². The highest BCUT2D eigenvalue weighted by molar-refractivity contribution is 5.88. The van der Waals surface area contributed by atoms with Gasteiger partial charge in [-0.3, -0.25) is 4.79 Å². The van der Waals surface area contributed by atoms with Crippen LogP contribution in [0.4, 0.5) is 0 Å². The first-order valence-corrected chi connectivity index (χ1v) is 6.93. The summed E-state index contributed by atoms with van der Waals surface area (Å²) in [5, 5.41) is 9.48. The van der Waals surface area contributed by atoms with Crippen molar-refractivity contribution in [1.29, 1.82) is 0 Å². The third kappa shape index (κ3) is 2.67. The van der Waals surface area contributed by atoms with Crippen molar-refractivity contribution in [3.05, 3.63) is 35.4 Å². The Bertz CT molecular complexity index is 516. The number of amides is 1. The molecule has 1 aliphatic heterocycles. The lowest BCUT2D eigenvalue weighted by atomic mass is 9.92. The highest BCUT2D eigenvalue weighted by Gasteiger charge is 2.37. The van der Waals surface area contributed by atoms with Gasteiger partial charge in [0.05, 0.1) is 6.04 Å². The van der Waals surface area contributed by atoms with Gasteiger partial charge >= 0.3 is 5.97 Å². The van der Waals surface area contributed by atoms with Crippen LogP contribution in [0.15, 0.2) is 24.3 Å². The van der Waals surface area contributed by atoms with Crippen molar-refractivity contribution in [3.63, 3.8) is 0 Å². The number of fused-ring (bicyclic) bond motifs is 1. The second-order valence-electron chi connectivity index (χ2n) is 5.12. The Morgan fingerprint density at radius 2 is 2.15 bits per heavy atom. The molecule has 20 heavy (non-hydrogen) atoms. The SMILES string of the molecule is CCC[C@H](N)C(=O)N1CCc2ccccc2C1C(=O)O. The number of aliphatic carboxylic acids is 1. The van der Waals surface area contributed by atoms with Gasteiger partial charge in [-0.15, -0.1) is 0 Å². The minimum Gasteiger partial charge on any atom is -0.479 e. The van der Waals surface area contributed by atoms with Gasteiger partial charge in [0.2, 0.25) is 5.91 Å². The van der Waals surface area contributed by atoms with Gasteiger partial charge in [0, 0.05) is 6.54 Å². The average Bonchev–Trinajstić information content (AvgIpc) is 2.45. The predicted octanol–water partition coefficient (Wildman–Crippen LogP) is 1.32. The molecule has 0 aromatic heterocycles. The van der Waals surface area contributed by atoms with E-state index in [4.69, 9.17) is 5.73 Å². The lowest BCUT2D eigenvalue weighted by molar-refractivity contribution is -0.151. The van der Waals surface area contributed by atoms with Crippen molar-refractivity contribution in [2.45, 2.75) is 38.3 Å². The lowest BCUT2D eigenvalue weighted by Crippen LogP contribution is -2.50. The highest BCUT2D eigenvalue weighted by atomic mass is 16.4. The molecule has 0 radical (unpaired) electrons. The first-order chi connectivity index (χ1) is 9.56. The number of hydrogen-bond donors (Lipinski definition) is 2. The van der Waals surface area contributed by atoms with E-state index in [0.29, 0.717) is 24.9 Å². The van der Waals surface area contributed by atoms with Crippen molar-refractivity contribution in [2.75, 3.05) is 6.54 Å². The summed E-state index contributed by atoms with van der Waals surface area (Å²) in [6.07, 6.45) is 2.04. The molecule has 5 heteroatoms. The largest absolute Gasteiger partial charge is 0.479 e. The smallest absolute Gasteiger partial charge is 0.331 e. The molecule has 1 aromatic rings. The van der Waals surface area contributed by atoms with Crippen molar-refractivity contribution in [3.8, 4) is 0 Å². The summed E-state index contributed by atoms with van der Waals surface area (Å²) >= 11 is 0. The van der Waals surface area contributed by atoms with Gasteiger partial charge in [-0.1, -0.05) is 37.6 Å². The summed E-state index contributed by atoms with van der Waals surface area (Å²) in [6.45, 7) is 2.36. The quantitative estimate of drug-likeness (QED) is 0.869. The number of nitrogens with zero attached hydrogens (tertiary/aromatic N) is 1. The minimum absolute atomic E-state index is 0.270. The van der Waals surface area contributed by atoms with E-state index in [1.54, 1.807) is 12.1 Å². The first-order valence-electron chi connectivity index (χ1n) is 6.93. The summed E-state index contributed by atoms with van der Waals surface area (Å²) in [7, 11) is 0. The normalized spacial score (nSPS) is 19.3. The van der Waals surface area contributed by atoms with Crippen LogP contribution in [0.2, 0.25) is 0 Å². The van der Waals surface area contributed by atoms with Crippen LogP contribution in [0.5, 0.6) is 0 Å². The maximum absolute atomic E-state index is 12.4. The molecule has 1 aliphatic rings. The second-order valence-corrected chi connectivity index (χ2v) is 5.12. The number of benzene rings is 1. The monoisotopic (exact) mass is 276 g/mol. The van der Waals surface area contributed by atoms with Crippen molar-refractivity contribution < 1.29 is 14.7 Å². The second kappa shape index (κ2) is 6.05. The molecule has 1 amide bonds. The molecule has 1 heterocycles. The van der Waals surface area contributed by atoms with Crippen LogP contribution in [0, 0.1) is 0 Å². The number of nitrogens with two attached hydrogens (primary N) is 1. The molecule has 2 atom stereocenters. The molecular formula is C15H20N2O3. The van der Waals surface area contributed by atoms with Crippen molar-refractivity contribution in [2.24, 2.45) is 5.73 Å². The third-order valence-electron chi connectivity index (χ3n) is 3.72. The topological polar surface area (TPSA) is 83.6 Å². The number of carboxylic acid groups (broad SMARTS) is 1. The molecule has 0 aliphatic carbocycles. The Morgan fingerprint density at radius 3 is 2.80 bits per heavy atom. The Hall–Kier alpha value is -1.88. The number of carboxylic acids is 1. The first kappa shape index (κ1) is 14.5.